The van der Waals surface area contributed by atoms with Crippen molar-refractivity contribution in [3.05, 3.63) is 69.5 Å². The van der Waals surface area contributed by atoms with Gasteiger partial charge in [0.05, 0.1) is 18.9 Å². The van der Waals surface area contributed by atoms with Crippen molar-refractivity contribution in [2.45, 2.75) is 39.6 Å². The first kappa shape index (κ1) is 13.7. The number of benzene rings is 1. The van der Waals surface area contributed by atoms with Crippen LogP contribution in [-0.2, 0) is 37.5 Å². The van der Waals surface area contributed by atoms with Gasteiger partial charge in [0.15, 0.2) is 0 Å². The van der Waals surface area contributed by atoms with Gasteiger partial charge >= 0.3 is 0 Å². The van der Waals surface area contributed by atoms with Gasteiger partial charge in [-0.3, -0.25) is 4.98 Å². The molecule has 4 rings (SSSR count). The Bertz CT molecular complexity index is 749. The average molecular weight is 292 g/mol. The van der Waals surface area contributed by atoms with E-state index in [1.807, 2.05) is 0 Å². The van der Waals surface area contributed by atoms with Crippen LogP contribution in [0.5, 0.6) is 0 Å². The summed E-state index contributed by atoms with van der Waals surface area (Å²) in [6.45, 7) is 5.18. The zero-order chi connectivity index (χ0) is 14.9. The van der Waals surface area contributed by atoms with E-state index in [9.17, 15) is 0 Å². The number of nitrogens with zero attached hydrogens (tertiary/aromatic N) is 1. The first-order valence-corrected chi connectivity index (χ1v) is 7.85. The molecule has 2 aromatic rings. The van der Waals surface area contributed by atoms with Crippen LogP contribution in [0, 0.1) is 6.92 Å². The number of ether oxygens (including phenoxy) is 1. The van der Waals surface area contributed by atoms with E-state index >= 15 is 0 Å². The molecule has 3 heteroatoms. The minimum absolute atomic E-state index is 0.713. The van der Waals surface area contributed by atoms with Gasteiger partial charge in [-0.25, -0.2) is 0 Å². The van der Waals surface area contributed by atoms with Crippen molar-refractivity contribution in [3.8, 4) is 0 Å². The van der Waals surface area contributed by atoms with Crippen LogP contribution in [0.3, 0.4) is 0 Å². The van der Waals surface area contributed by atoms with Gasteiger partial charge in [0.1, 0.15) is 0 Å². The molecule has 22 heavy (non-hydrogen) atoms. The molecule has 2 heterocycles. The average Bonchev–Trinajstić information content (AvgIpc) is 3.15. The molecule has 2 aliphatic rings. The molecule has 1 aromatic carbocycles. The Hall–Kier alpha value is -1.97. The zero-order valence-electron chi connectivity index (χ0n) is 12.9. The zero-order valence-corrected chi connectivity index (χ0v) is 12.9. The summed E-state index contributed by atoms with van der Waals surface area (Å²) in [6, 6.07) is 8.90. The molecule has 0 saturated heterocycles. The molecule has 1 aliphatic heterocycles. The number of nitrogens with one attached hydrogen (secondary N) is 1. The van der Waals surface area contributed by atoms with Crippen LogP contribution in [0.4, 0.5) is 0 Å². The van der Waals surface area contributed by atoms with Crippen molar-refractivity contribution in [1.82, 2.24) is 10.3 Å². The Balaban J connectivity index is 1.40. The lowest BCUT2D eigenvalue weighted by Gasteiger charge is -2.09. The minimum Gasteiger partial charge on any atom is -0.372 e. The maximum Gasteiger partial charge on any atom is 0.0742 e. The van der Waals surface area contributed by atoms with Crippen LogP contribution in [0.25, 0.3) is 6.08 Å². The van der Waals surface area contributed by atoms with E-state index < -0.39 is 0 Å². The molecule has 0 atom stereocenters. The summed E-state index contributed by atoms with van der Waals surface area (Å²) in [6.07, 6.45) is 5.49. The lowest BCUT2D eigenvalue weighted by Crippen LogP contribution is -2.14. The lowest BCUT2D eigenvalue weighted by molar-refractivity contribution is 0.134. The van der Waals surface area contributed by atoms with Crippen molar-refractivity contribution < 1.29 is 4.74 Å². The van der Waals surface area contributed by atoms with Crippen molar-refractivity contribution in [1.29, 1.82) is 0 Å². The molecule has 0 saturated carbocycles. The van der Waals surface area contributed by atoms with Gasteiger partial charge in [-0.1, -0.05) is 30.4 Å². The highest BCUT2D eigenvalue weighted by Gasteiger charge is 2.15. The van der Waals surface area contributed by atoms with E-state index in [-0.39, 0.29) is 0 Å². The highest BCUT2D eigenvalue weighted by Crippen LogP contribution is 2.23. The largest absolute Gasteiger partial charge is 0.372 e. The second kappa shape index (κ2) is 5.67. The highest BCUT2D eigenvalue weighted by molar-refractivity contribution is 5.60. The number of rotatable bonds is 4. The second-order valence-corrected chi connectivity index (χ2v) is 6.07. The van der Waals surface area contributed by atoms with Gasteiger partial charge in [-0.2, -0.15) is 0 Å². The maximum absolute atomic E-state index is 5.50. The quantitative estimate of drug-likeness (QED) is 0.939. The van der Waals surface area contributed by atoms with Gasteiger partial charge in [0.25, 0.3) is 0 Å². The number of aromatic nitrogens is 1. The third-order valence-corrected chi connectivity index (χ3v) is 4.46. The molecule has 112 valence electrons. The number of aryl methyl sites for hydroxylation is 1. The van der Waals surface area contributed by atoms with Gasteiger partial charge in [0.2, 0.25) is 0 Å². The summed E-state index contributed by atoms with van der Waals surface area (Å²) >= 11 is 0. The van der Waals surface area contributed by atoms with Crippen molar-refractivity contribution in [2.24, 2.45) is 0 Å². The molecule has 0 unspecified atom stereocenters. The molecule has 0 radical (unpaired) electrons. The molecule has 0 spiro atoms. The van der Waals surface area contributed by atoms with Crippen LogP contribution < -0.4 is 5.32 Å². The Morgan fingerprint density at radius 1 is 1.14 bits per heavy atom. The first-order valence-electron chi connectivity index (χ1n) is 7.85. The maximum atomic E-state index is 5.50. The smallest absolute Gasteiger partial charge is 0.0742 e. The third kappa shape index (κ3) is 2.58. The highest BCUT2D eigenvalue weighted by atomic mass is 16.5. The Kier molecular flexibility index (Phi) is 3.53. The molecule has 1 aromatic heterocycles. The fourth-order valence-corrected chi connectivity index (χ4v) is 3.27. The monoisotopic (exact) mass is 292 g/mol. The SMILES string of the molecule is Cc1nc(CNCc2ccc3c(c2)CC=C3)cc2c1COC2. The minimum atomic E-state index is 0.713. The molecule has 1 N–H and O–H groups in total. The second-order valence-electron chi connectivity index (χ2n) is 6.07. The molecular weight excluding hydrogens is 272 g/mol. The number of allylic oxidation sites excluding steroid dienone is 1. The summed E-state index contributed by atoms with van der Waals surface area (Å²) in [7, 11) is 0. The normalized spacial score (nSPS) is 15.1. The van der Waals surface area contributed by atoms with E-state index in [0.717, 1.165) is 37.5 Å². The van der Waals surface area contributed by atoms with E-state index in [4.69, 9.17) is 4.74 Å². The fourth-order valence-electron chi connectivity index (χ4n) is 3.27. The predicted molar refractivity (Wildman–Crippen MR) is 87.2 cm³/mol. The van der Waals surface area contributed by atoms with Crippen LogP contribution in [-0.4, -0.2) is 4.98 Å². The lowest BCUT2D eigenvalue weighted by atomic mass is 10.1. The Morgan fingerprint density at radius 3 is 3.05 bits per heavy atom. The number of pyridine rings is 1. The number of fused-ring (bicyclic) bond motifs is 2. The van der Waals surface area contributed by atoms with Gasteiger partial charge in [0, 0.05) is 24.3 Å². The molecule has 1 aliphatic carbocycles. The first-order chi connectivity index (χ1) is 10.8. The van der Waals surface area contributed by atoms with Crippen LogP contribution >= 0.6 is 0 Å². The van der Waals surface area contributed by atoms with Gasteiger partial charge < -0.3 is 10.1 Å². The van der Waals surface area contributed by atoms with Crippen LogP contribution in [0.15, 0.2) is 30.3 Å². The van der Waals surface area contributed by atoms with Crippen LogP contribution in [0.2, 0.25) is 0 Å². The molecular formula is C19H20N2O. The third-order valence-electron chi connectivity index (χ3n) is 4.46. The van der Waals surface area contributed by atoms with E-state index in [1.165, 1.54) is 27.8 Å². The molecule has 3 nitrogen and oxygen atoms in total. The summed E-state index contributed by atoms with van der Waals surface area (Å²) in [4.78, 5) is 4.68. The predicted octanol–water partition coefficient (Wildman–Crippen LogP) is 3.28. The molecule has 0 bridgehead atoms. The summed E-state index contributed by atoms with van der Waals surface area (Å²) in [5.41, 5.74) is 8.91. The fraction of sp³-hybridized carbons (Fsp3) is 0.316. The van der Waals surface area contributed by atoms with Gasteiger partial charge in [-0.05, 0) is 41.7 Å². The standard InChI is InChI=1S/C19H20N2O/c1-13-19-12-22-11-17(19)8-18(21-13)10-20-9-14-5-6-15-3-2-4-16(15)7-14/h2-3,5-8,20H,4,9-12H2,1H3. The van der Waals surface area contributed by atoms with Crippen molar-refractivity contribution >= 4 is 6.08 Å². The molecule has 0 fully saturated rings. The van der Waals surface area contributed by atoms with E-state index in [0.29, 0.717) is 6.61 Å². The van der Waals surface area contributed by atoms with Gasteiger partial charge in [-0.15, -0.1) is 0 Å². The van der Waals surface area contributed by atoms with E-state index in [2.05, 4.69) is 53.6 Å². The summed E-state index contributed by atoms with van der Waals surface area (Å²) in [5.74, 6) is 0. The molecule has 0 amide bonds. The summed E-state index contributed by atoms with van der Waals surface area (Å²) < 4.78 is 5.50. The van der Waals surface area contributed by atoms with E-state index in [1.54, 1.807) is 0 Å². The number of hydrogen-bond acceptors (Lipinski definition) is 3. The van der Waals surface area contributed by atoms with Crippen molar-refractivity contribution in [3.63, 3.8) is 0 Å². The summed E-state index contributed by atoms with van der Waals surface area (Å²) in [5, 5.41) is 3.50. The Morgan fingerprint density at radius 2 is 2.09 bits per heavy atom. The number of hydrogen-bond donors (Lipinski definition) is 1. The Labute approximate surface area is 131 Å². The topological polar surface area (TPSA) is 34.2 Å². The van der Waals surface area contributed by atoms with Crippen molar-refractivity contribution in [2.75, 3.05) is 0 Å². The van der Waals surface area contributed by atoms with Crippen LogP contribution in [0.1, 0.15) is 39.2 Å².